The van der Waals surface area contributed by atoms with Gasteiger partial charge in [0.15, 0.2) is 0 Å². The Morgan fingerprint density at radius 2 is 1.86 bits per heavy atom. The molecule has 1 fully saturated rings. The largest absolute Gasteiger partial charge is 0.490 e. The molecule has 3 rings (SSSR count). The molecular weight excluding hydrogens is 362 g/mol. The Balaban J connectivity index is 1.62. The van der Waals surface area contributed by atoms with E-state index in [1.807, 2.05) is 11.0 Å². The predicted molar refractivity (Wildman–Crippen MR) is 101 cm³/mol. The summed E-state index contributed by atoms with van der Waals surface area (Å²) in [6.45, 7) is 1.74. The highest BCUT2D eigenvalue weighted by atomic mass is 16.6. The number of anilines is 1. The Kier molecular flexibility index (Phi) is 6.07. The molecule has 144 valence electrons. The van der Waals surface area contributed by atoms with Gasteiger partial charge in [-0.25, -0.2) is 4.79 Å². The SMILES string of the molecule is N#Cc1ccc(OCCOC(=O)c2cc([N+](=O)[O-])ccc2N2CCCC2)cc1. The van der Waals surface area contributed by atoms with Crippen molar-refractivity contribution in [3.63, 3.8) is 0 Å². The molecular formula is C20H19N3O5. The van der Waals surface area contributed by atoms with Crippen LogP contribution in [0, 0.1) is 21.4 Å². The van der Waals surface area contributed by atoms with E-state index in [1.165, 1.54) is 12.1 Å². The minimum Gasteiger partial charge on any atom is -0.490 e. The lowest BCUT2D eigenvalue weighted by Gasteiger charge is -2.20. The summed E-state index contributed by atoms with van der Waals surface area (Å²) in [4.78, 5) is 25.1. The van der Waals surface area contributed by atoms with Crippen molar-refractivity contribution in [3.8, 4) is 11.8 Å². The maximum atomic E-state index is 12.5. The van der Waals surface area contributed by atoms with Crippen LogP contribution < -0.4 is 9.64 Å². The normalized spacial score (nSPS) is 13.0. The summed E-state index contributed by atoms with van der Waals surface area (Å²) in [5.74, 6) is -0.0582. The van der Waals surface area contributed by atoms with E-state index < -0.39 is 10.9 Å². The number of rotatable bonds is 7. The summed E-state index contributed by atoms with van der Waals surface area (Å²) in [7, 11) is 0. The smallest absolute Gasteiger partial charge is 0.340 e. The van der Waals surface area contributed by atoms with Crippen LogP contribution in [0.1, 0.15) is 28.8 Å². The Hall–Kier alpha value is -3.60. The fraction of sp³-hybridized carbons (Fsp3) is 0.300. The first kappa shape index (κ1) is 19.2. The number of carbonyl (C=O) groups is 1. The molecule has 1 heterocycles. The van der Waals surface area contributed by atoms with E-state index in [4.69, 9.17) is 14.7 Å². The average molecular weight is 381 g/mol. The van der Waals surface area contributed by atoms with Crippen LogP contribution in [-0.4, -0.2) is 37.2 Å². The summed E-state index contributed by atoms with van der Waals surface area (Å²) in [6, 6.07) is 12.9. The molecule has 0 aliphatic carbocycles. The van der Waals surface area contributed by atoms with E-state index in [2.05, 4.69) is 0 Å². The van der Waals surface area contributed by atoms with Gasteiger partial charge in [0.05, 0.1) is 27.8 Å². The molecule has 1 saturated heterocycles. The van der Waals surface area contributed by atoms with E-state index in [1.54, 1.807) is 30.3 Å². The van der Waals surface area contributed by atoms with Crippen molar-refractivity contribution in [1.29, 1.82) is 5.26 Å². The molecule has 0 unspecified atom stereocenters. The minimum absolute atomic E-state index is 0.000959. The number of carbonyl (C=O) groups excluding carboxylic acids is 1. The Morgan fingerprint density at radius 1 is 1.14 bits per heavy atom. The quantitative estimate of drug-likeness (QED) is 0.313. The van der Waals surface area contributed by atoms with Crippen LogP contribution in [0.5, 0.6) is 5.75 Å². The second-order valence-corrected chi connectivity index (χ2v) is 6.27. The van der Waals surface area contributed by atoms with Crippen LogP contribution >= 0.6 is 0 Å². The molecule has 0 bridgehead atoms. The molecule has 0 amide bonds. The van der Waals surface area contributed by atoms with Gasteiger partial charge in [-0.3, -0.25) is 10.1 Å². The van der Waals surface area contributed by atoms with Crippen LogP contribution in [0.15, 0.2) is 42.5 Å². The highest BCUT2D eigenvalue weighted by molar-refractivity contribution is 5.96. The zero-order valence-corrected chi connectivity index (χ0v) is 15.2. The van der Waals surface area contributed by atoms with Crippen molar-refractivity contribution in [3.05, 3.63) is 63.7 Å². The van der Waals surface area contributed by atoms with E-state index in [0.29, 0.717) is 17.0 Å². The number of non-ortho nitro benzene ring substituents is 1. The topological polar surface area (TPSA) is 106 Å². The average Bonchev–Trinajstić information content (AvgIpc) is 3.25. The van der Waals surface area contributed by atoms with Crippen LogP contribution in [0.25, 0.3) is 0 Å². The van der Waals surface area contributed by atoms with Gasteiger partial charge in [-0.2, -0.15) is 5.26 Å². The van der Waals surface area contributed by atoms with Gasteiger partial charge in [0.1, 0.15) is 19.0 Å². The van der Waals surface area contributed by atoms with E-state index >= 15 is 0 Å². The maximum Gasteiger partial charge on any atom is 0.340 e. The van der Waals surface area contributed by atoms with Crippen LogP contribution in [0.3, 0.4) is 0 Å². The van der Waals surface area contributed by atoms with Gasteiger partial charge in [0, 0.05) is 25.2 Å². The second kappa shape index (κ2) is 8.86. The van der Waals surface area contributed by atoms with Crippen LogP contribution in [0.4, 0.5) is 11.4 Å². The van der Waals surface area contributed by atoms with E-state index in [9.17, 15) is 14.9 Å². The zero-order valence-electron chi connectivity index (χ0n) is 15.2. The molecule has 1 aliphatic rings. The summed E-state index contributed by atoms with van der Waals surface area (Å²) < 4.78 is 10.7. The number of benzene rings is 2. The number of nitro benzene ring substituents is 1. The standard InChI is InChI=1S/C20H19N3O5/c21-14-15-3-6-17(7-4-15)27-11-12-28-20(24)18-13-16(23(25)26)5-8-19(18)22-9-1-2-10-22/h3-8,13H,1-2,9-12H2. The third-order valence-electron chi connectivity index (χ3n) is 4.43. The monoisotopic (exact) mass is 381 g/mol. The number of hydrogen-bond acceptors (Lipinski definition) is 7. The van der Waals surface area contributed by atoms with Gasteiger partial charge in [0.25, 0.3) is 5.69 Å². The second-order valence-electron chi connectivity index (χ2n) is 6.27. The number of nitrogens with zero attached hydrogens (tertiary/aromatic N) is 3. The number of nitriles is 1. The molecule has 0 atom stereocenters. The van der Waals surface area contributed by atoms with Gasteiger partial charge in [0.2, 0.25) is 0 Å². The van der Waals surface area contributed by atoms with Crippen molar-refractivity contribution in [2.24, 2.45) is 0 Å². The Morgan fingerprint density at radius 3 is 2.50 bits per heavy atom. The van der Waals surface area contributed by atoms with Gasteiger partial charge in [-0.15, -0.1) is 0 Å². The summed E-state index contributed by atoms with van der Waals surface area (Å²) >= 11 is 0. The molecule has 28 heavy (non-hydrogen) atoms. The third-order valence-corrected chi connectivity index (χ3v) is 4.43. The van der Waals surface area contributed by atoms with E-state index in [0.717, 1.165) is 25.9 Å². The summed E-state index contributed by atoms with van der Waals surface area (Å²) in [6.07, 6.45) is 2.04. The maximum absolute atomic E-state index is 12.5. The minimum atomic E-state index is -0.617. The molecule has 0 radical (unpaired) electrons. The molecule has 1 aliphatic heterocycles. The van der Waals surface area contributed by atoms with Gasteiger partial charge in [-0.1, -0.05) is 0 Å². The van der Waals surface area contributed by atoms with Crippen LogP contribution in [-0.2, 0) is 4.74 Å². The van der Waals surface area contributed by atoms with Crippen molar-refractivity contribution in [1.82, 2.24) is 0 Å². The number of esters is 1. The lowest BCUT2D eigenvalue weighted by molar-refractivity contribution is -0.384. The fourth-order valence-corrected chi connectivity index (χ4v) is 3.03. The van der Waals surface area contributed by atoms with Crippen molar-refractivity contribution >= 4 is 17.3 Å². The van der Waals surface area contributed by atoms with Gasteiger partial charge < -0.3 is 14.4 Å². The first-order chi connectivity index (χ1) is 13.6. The predicted octanol–water partition coefficient (Wildman–Crippen LogP) is 3.30. The molecule has 0 N–H and O–H groups in total. The fourth-order valence-electron chi connectivity index (χ4n) is 3.03. The molecule has 2 aromatic rings. The molecule has 0 aromatic heterocycles. The molecule has 8 heteroatoms. The van der Waals surface area contributed by atoms with Crippen molar-refractivity contribution in [2.45, 2.75) is 12.8 Å². The number of ether oxygens (including phenoxy) is 2. The molecule has 0 spiro atoms. The lowest BCUT2D eigenvalue weighted by atomic mass is 10.1. The lowest BCUT2D eigenvalue weighted by Crippen LogP contribution is -2.22. The van der Waals surface area contributed by atoms with Crippen molar-refractivity contribution in [2.75, 3.05) is 31.2 Å². The first-order valence-corrected chi connectivity index (χ1v) is 8.92. The molecule has 0 saturated carbocycles. The van der Waals surface area contributed by atoms with Crippen LogP contribution in [0.2, 0.25) is 0 Å². The highest BCUT2D eigenvalue weighted by Gasteiger charge is 2.23. The summed E-state index contributed by atoms with van der Waals surface area (Å²) in [5.41, 5.74) is 1.22. The Labute approximate surface area is 162 Å². The Bertz CT molecular complexity index is 899. The van der Waals surface area contributed by atoms with E-state index in [-0.39, 0.29) is 24.5 Å². The van der Waals surface area contributed by atoms with Gasteiger partial charge in [-0.05, 0) is 43.2 Å². The van der Waals surface area contributed by atoms with Gasteiger partial charge >= 0.3 is 5.97 Å². The molecule has 2 aromatic carbocycles. The zero-order chi connectivity index (χ0) is 19.9. The highest BCUT2D eigenvalue weighted by Crippen LogP contribution is 2.29. The first-order valence-electron chi connectivity index (χ1n) is 8.92. The number of hydrogen-bond donors (Lipinski definition) is 0. The molecule has 8 nitrogen and oxygen atoms in total. The third kappa shape index (κ3) is 4.57. The van der Waals surface area contributed by atoms with Crippen molar-refractivity contribution < 1.29 is 19.2 Å². The number of nitro groups is 1. The summed E-state index contributed by atoms with van der Waals surface area (Å²) in [5, 5.41) is 19.8.